The number of ether oxygens (including phenoxy) is 1. The Bertz CT molecular complexity index is 589. The quantitative estimate of drug-likeness (QED) is 0.640. The molecule has 0 bridgehead atoms. The van der Waals surface area contributed by atoms with Gasteiger partial charge in [-0.3, -0.25) is 9.69 Å². The molecule has 1 atom stereocenters. The van der Waals surface area contributed by atoms with Crippen molar-refractivity contribution >= 4 is 23.6 Å². The highest BCUT2D eigenvalue weighted by molar-refractivity contribution is 6.30. The molecule has 0 radical (unpaired) electrons. The lowest BCUT2D eigenvalue weighted by Gasteiger charge is -2.35. The number of carbonyl (C=O) groups is 2. The van der Waals surface area contributed by atoms with Crippen LogP contribution < -0.4 is 15.4 Å². The molecule has 2 amide bonds. The van der Waals surface area contributed by atoms with Crippen molar-refractivity contribution in [3.63, 3.8) is 0 Å². The predicted octanol–water partition coefficient (Wildman–Crippen LogP) is 2.20. The van der Waals surface area contributed by atoms with E-state index in [4.69, 9.17) is 21.4 Å². The Morgan fingerprint density at radius 1 is 1.31 bits per heavy atom. The first-order valence-corrected chi connectivity index (χ1v) is 9.16. The van der Waals surface area contributed by atoms with Crippen LogP contribution in [0.4, 0.5) is 4.79 Å². The molecule has 1 heterocycles. The van der Waals surface area contributed by atoms with Crippen molar-refractivity contribution in [1.29, 1.82) is 0 Å². The van der Waals surface area contributed by atoms with E-state index in [2.05, 4.69) is 15.5 Å². The molecule has 3 N–H and O–H groups in total. The summed E-state index contributed by atoms with van der Waals surface area (Å²) in [5, 5.41) is 14.8. The first-order chi connectivity index (χ1) is 12.5. The topological polar surface area (TPSA) is 90.9 Å². The molecule has 1 fully saturated rings. The fourth-order valence-corrected chi connectivity index (χ4v) is 3.32. The molecule has 0 aliphatic carbocycles. The molecule has 26 heavy (non-hydrogen) atoms. The largest absolute Gasteiger partial charge is 0.492 e. The van der Waals surface area contributed by atoms with E-state index in [-0.39, 0.29) is 24.3 Å². The molecular formula is C18H26ClN3O4. The molecule has 1 saturated heterocycles. The van der Waals surface area contributed by atoms with Gasteiger partial charge in [0.2, 0.25) is 5.91 Å². The van der Waals surface area contributed by atoms with E-state index < -0.39 is 6.09 Å². The standard InChI is InChI=1S/C18H26ClN3O4/c1-20-17(23)12-16(21-18(24)25)13-6-8-22(9-7-13)10-11-26-15-4-2-14(19)3-5-15/h2-5,13,16,21H,6-12H2,1H3,(H,20,23)(H,24,25). The SMILES string of the molecule is CNC(=O)CC(NC(=O)O)C1CCN(CCOc2ccc(Cl)cc2)CC1. The lowest BCUT2D eigenvalue weighted by Crippen LogP contribution is -2.47. The van der Waals surface area contributed by atoms with E-state index in [0.29, 0.717) is 11.6 Å². The summed E-state index contributed by atoms with van der Waals surface area (Å²) in [7, 11) is 1.56. The zero-order valence-corrected chi connectivity index (χ0v) is 15.7. The third-order valence-electron chi connectivity index (χ3n) is 4.68. The van der Waals surface area contributed by atoms with Crippen molar-refractivity contribution in [1.82, 2.24) is 15.5 Å². The minimum atomic E-state index is -1.09. The summed E-state index contributed by atoms with van der Waals surface area (Å²) in [6.45, 7) is 3.11. The van der Waals surface area contributed by atoms with Crippen molar-refractivity contribution < 1.29 is 19.4 Å². The maximum absolute atomic E-state index is 11.6. The minimum Gasteiger partial charge on any atom is -0.492 e. The summed E-state index contributed by atoms with van der Waals surface area (Å²) in [6.07, 6.45) is 0.788. The Kier molecular flexibility index (Phi) is 8.00. The molecule has 1 unspecified atom stereocenters. The Morgan fingerprint density at radius 2 is 1.96 bits per heavy atom. The summed E-state index contributed by atoms with van der Waals surface area (Å²) in [5.74, 6) is 0.806. The zero-order chi connectivity index (χ0) is 18.9. The maximum atomic E-state index is 11.6. The lowest BCUT2D eigenvalue weighted by molar-refractivity contribution is -0.121. The molecule has 1 aliphatic rings. The molecule has 1 aromatic rings. The molecule has 2 rings (SSSR count). The second-order valence-electron chi connectivity index (χ2n) is 6.41. The number of hydrogen-bond acceptors (Lipinski definition) is 4. The Labute approximate surface area is 158 Å². The summed E-state index contributed by atoms with van der Waals surface area (Å²) in [5.41, 5.74) is 0. The van der Waals surface area contributed by atoms with Crippen LogP contribution in [0.3, 0.4) is 0 Å². The molecule has 7 nitrogen and oxygen atoms in total. The second kappa shape index (κ2) is 10.2. The van der Waals surface area contributed by atoms with Gasteiger partial charge in [0.15, 0.2) is 0 Å². The van der Waals surface area contributed by atoms with Crippen LogP contribution in [0, 0.1) is 5.92 Å². The second-order valence-corrected chi connectivity index (χ2v) is 6.85. The van der Waals surface area contributed by atoms with Gasteiger partial charge in [0.1, 0.15) is 12.4 Å². The average molecular weight is 384 g/mol. The highest BCUT2D eigenvalue weighted by Crippen LogP contribution is 2.23. The normalized spacial score (nSPS) is 16.7. The van der Waals surface area contributed by atoms with Crippen molar-refractivity contribution in [3.8, 4) is 5.75 Å². The van der Waals surface area contributed by atoms with Gasteiger partial charge in [0.05, 0.1) is 0 Å². The molecule has 1 aliphatic heterocycles. The van der Waals surface area contributed by atoms with Crippen LogP contribution in [0.5, 0.6) is 5.75 Å². The average Bonchev–Trinajstić information content (AvgIpc) is 2.63. The van der Waals surface area contributed by atoms with E-state index in [0.717, 1.165) is 38.2 Å². The fourth-order valence-electron chi connectivity index (χ4n) is 3.20. The summed E-state index contributed by atoms with van der Waals surface area (Å²) < 4.78 is 5.71. The van der Waals surface area contributed by atoms with Gasteiger partial charge in [-0.2, -0.15) is 0 Å². The van der Waals surface area contributed by atoms with Gasteiger partial charge in [-0.1, -0.05) is 11.6 Å². The van der Waals surface area contributed by atoms with Gasteiger partial charge in [0, 0.05) is 31.1 Å². The highest BCUT2D eigenvalue weighted by Gasteiger charge is 2.29. The summed E-state index contributed by atoms with van der Waals surface area (Å²) in [6, 6.07) is 6.93. The van der Waals surface area contributed by atoms with Crippen molar-refractivity contribution in [2.75, 3.05) is 33.3 Å². The van der Waals surface area contributed by atoms with Gasteiger partial charge < -0.3 is 20.5 Å². The number of halogens is 1. The van der Waals surface area contributed by atoms with E-state index >= 15 is 0 Å². The van der Waals surface area contributed by atoms with Crippen molar-refractivity contribution in [2.24, 2.45) is 5.92 Å². The number of piperidine rings is 1. The van der Waals surface area contributed by atoms with Crippen LogP contribution in [0.1, 0.15) is 19.3 Å². The number of amides is 2. The summed E-state index contributed by atoms with van der Waals surface area (Å²) in [4.78, 5) is 24.9. The van der Waals surface area contributed by atoms with Crippen LogP contribution in [0.25, 0.3) is 0 Å². The third-order valence-corrected chi connectivity index (χ3v) is 4.94. The van der Waals surface area contributed by atoms with Crippen LogP contribution >= 0.6 is 11.6 Å². The van der Waals surface area contributed by atoms with E-state index in [9.17, 15) is 9.59 Å². The van der Waals surface area contributed by atoms with Crippen molar-refractivity contribution in [2.45, 2.75) is 25.3 Å². The number of nitrogens with one attached hydrogen (secondary N) is 2. The first-order valence-electron chi connectivity index (χ1n) is 8.78. The van der Waals surface area contributed by atoms with Gasteiger partial charge in [-0.05, 0) is 56.1 Å². The third kappa shape index (κ3) is 6.72. The fraction of sp³-hybridized carbons (Fsp3) is 0.556. The van der Waals surface area contributed by atoms with Crippen LogP contribution in [-0.2, 0) is 4.79 Å². The minimum absolute atomic E-state index is 0.150. The molecule has 1 aromatic carbocycles. The van der Waals surface area contributed by atoms with Gasteiger partial charge in [-0.25, -0.2) is 4.79 Å². The van der Waals surface area contributed by atoms with Gasteiger partial charge >= 0.3 is 6.09 Å². The maximum Gasteiger partial charge on any atom is 0.404 e. The monoisotopic (exact) mass is 383 g/mol. The Hall–Kier alpha value is -1.99. The smallest absolute Gasteiger partial charge is 0.404 e. The number of carbonyl (C=O) groups excluding carboxylic acids is 1. The van der Waals surface area contributed by atoms with Crippen LogP contribution in [0.2, 0.25) is 5.02 Å². The van der Waals surface area contributed by atoms with Gasteiger partial charge in [-0.15, -0.1) is 0 Å². The van der Waals surface area contributed by atoms with Crippen LogP contribution in [-0.4, -0.2) is 61.3 Å². The van der Waals surface area contributed by atoms with Crippen LogP contribution in [0.15, 0.2) is 24.3 Å². The van der Waals surface area contributed by atoms with Gasteiger partial charge in [0.25, 0.3) is 0 Å². The molecule has 0 saturated carbocycles. The van der Waals surface area contributed by atoms with E-state index in [1.807, 2.05) is 12.1 Å². The number of carboxylic acid groups (broad SMARTS) is 1. The van der Waals surface area contributed by atoms with Crippen molar-refractivity contribution in [3.05, 3.63) is 29.3 Å². The Balaban J connectivity index is 1.74. The number of rotatable bonds is 8. The highest BCUT2D eigenvalue weighted by atomic mass is 35.5. The first kappa shape index (κ1) is 20.3. The molecule has 0 aromatic heterocycles. The number of hydrogen-bond donors (Lipinski definition) is 3. The number of nitrogens with zero attached hydrogens (tertiary/aromatic N) is 1. The molecular weight excluding hydrogens is 358 g/mol. The predicted molar refractivity (Wildman–Crippen MR) is 99.7 cm³/mol. The zero-order valence-electron chi connectivity index (χ0n) is 14.9. The lowest BCUT2D eigenvalue weighted by atomic mass is 9.87. The molecule has 0 spiro atoms. The number of benzene rings is 1. The molecule has 8 heteroatoms. The van der Waals surface area contributed by atoms with E-state index in [1.54, 1.807) is 19.2 Å². The summed E-state index contributed by atoms with van der Waals surface area (Å²) >= 11 is 5.85. The Morgan fingerprint density at radius 3 is 2.54 bits per heavy atom. The van der Waals surface area contributed by atoms with E-state index in [1.165, 1.54) is 0 Å². The molecule has 144 valence electrons. The number of likely N-dealkylation sites (tertiary alicyclic amines) is 1.